The largest absolute Gasteiger partial charge is 0.412 e. The second-order valence-electron chi connectivity index (χ2n) is 5.64. The second-order valence-corrected chi connectivity index (χ2v) is 5.64. The van der Waals surface area contributed by atoms with Gasteiger partial charge in [0, 0.05) is 24.6 Å². The Morgan fingerprint density at radius 1 is 1.04 bits per heavy atom. The lowest BCUT2D eigenvalue weighted by atomic mass is 10.1. The highest BCUT2D eigenvalue weighted by molar-refractivity contribution is 5.70. The zero-order valence-electron chi connectivity index (χ0n) is 13.6. The van der Waals surface area contributed by atoms with Crippen molar-refractivity contribution in [2.75, 3.05) is 6.54 Å². The highest BCUT2D eigenvalue weighted by Crippen LogP contribution is 2.15. The molecule has 1 aromatic heterocycles. The van der Waals surface area contributed by atoms with Crippen LogP contribution in [0.5, 0.6) is 5.75 Å². The number of carbonyl (C=O) groups is 1. The van der Waals surface area contributed by atoms with E-state index in [1.165, 1.54) is 11.1 Å². The molecule has 0 bridgehead atoms. The van der Waals surface area contributed by atoms with Crippen molar-refractivity contribution in [2.45, 2.75) is 13.3 Å². The zero-order valence-corrected chi connectivity index (χ0v) is 13.6. The molecule has 1 heterocycles. The van der Waals surface area contributed by atoms with Crippen molar-refractivity contribution in [3.8, 4) is 11.4 Å². The summed E-state index contributed by atoms with van der Waals surface area (Å²) < 4.78 is 7.28. The number of nitrogens with one attached hydrogen (secondary N) is 1. The number of hydrogen-bond donors (Lipinski definition) is 1. The maximum absolute atomic E-state index is 11.8. The summed E-state index contributed by atoms with van der Waals surface area (Å²) in [5.74, 6) is 0.527. The molecule has 122 valence electrons. The van der Waals surface area contributed by atoms with Gasteiger partial charge >= 0.3 is 6.09 Å². The number of aryl methyl sites for hydroxylation is 1. The Bertz CT molecular complexity index is 793. The van der Waals surface area contributed by atoms with Crippen molar-refractivity contribution < 1.29 is 9.53 Å². The summed E-state index contributed by atoms with van der Waals surface area (Å²) in [6.45, 7) is 2.60. The predicted molar refractivity (Wildman–Crippen MR) is 94.7 cm³/mol. The highest BCUT2D eigenvalue weighted by Gasteiger charge is 2.04. The van der Waals surface area contributed by atoms with Crippen LogP contribution in [-0.4, -0.2) is 17.2 Å². The fraction of sp³-hybridized carbons (Fsp3) is 0.150. The smallest absolute Gasteiger partial charge is 0.410 e. The molecule has 0 fully saturated rings. The van der Waals surface area contributed by atoms with Gasteiger partial charge in [0.15, 0.2) is 0 Å². The van der Waals surface area contributed by atoms with E-state index in [4.69, 9.17) is 4.74 Å². The summed E-state index contributed by atoms with van der Waals surface area (Å²) in [5, 5.41) is 2.77. The van der Waals surface area contributed by atoms with Crippen LogP contribution < -0.4 is 10.1 Å². The molecule has 0 atom stereocenters. The number of hydrogen-bond acceptors (Lipinski definition) is 2. The van der Waals surface area contributed by atoms with Crippen LogP contribution in [0.2, 0.25) is 0 Å². The molecule has 0 unspecified atom stereocenters. The molecule has 24 heavy (non-hydrogen) atoms. The van der Waals surface area contributed by atoms with Crippen LogP contribution in [-0.2, 0) is 6.42 Å². The molecule has 2 aromatic carbocycles. The first-order valence-electron chi connectivity index (χ1n) is 7.95. The molecule has 0 saturated heterocycles. The summed E-state index contributed by atoms with van der Waals surface area (Å²) in [6, 6.07) is 19.6. The van der Waals surface area contributed by atoms with Crippen molar-refractivity contribution in [1.82, 2.24) is 9.88 Å². The van der Waals surface area contributed by atoms with Gasteiger partial charge in [-0.15, -0.1) is 0 Å². The number of rotatable bonds is 5. The minimum absolute atomic E-state index is 0.434. The van der Waals surface area contributed by atoms with Crippen molar-refractivity contribution in [3.63, 3.8) is 0 Å². The van der Waals surface area contributed by atoms with Crippen molar-refractivity contribution in [1.29, 1.82) is 0 Å². The first kappa shape index (κ1) is 15.9. The Hall–Kier alpha value is -3.01. The molecule has 1 N–H and O–H groups in total. The number of ether oxygens (including phenoxy) is 1. The van der Waals surface area contributed by atoms with Gasteiger partial charge in [-0.3, -0.25) is 0 Å². The molecule has 0 saturated carbocycles. The van der Waals surface area contributed by atoms with Gasteiger partial charge in [0.2, 0.25) is 0 Å². The first-order valence-corrected chi connectivity index (χ1v) is 7.95. The van der Waals surface area contributed by atoms with E-state index in [9.17, 15) is 4.79 Å². The summed E-state index contributed by atoms with van der Waals surface area (Å²) in [7, 11) is 0. The van der Waals surface area contributed by atoms with E-state index >= 15 is 0 Å². The van der Waals surface area contributed by atoms with Crippen molar-refractivity contribution in [2.24, 2.45) is 0 Å². The second kappa shape index (κ2) is 7.51. The van der Waals surface area contributed by atoms with Gasteiger partial charge in [-0.2, -0.15) is 0 Å². The molecule has 3 aromatic rings. The van der Waals surface area contributed by atoms with E-state index in [2.05, 4.69) is 30.4 Å². The molecule has 0 radical (unpaired) electrons. The molecule has 3 rings (SSSR count). The van der Waals surface area contributed by atoms with Gasteiger partial charge in [-0.1, -0.05) is 29.8 Å². The lowest BCUT2D eigenvalue weighted by Gasteiger charge is -2.08. The van der Waals surface area contributed by atoms with Crippen LogP contribution in [0.25, 0.3) is 5.69 Å². The third-order valence-corrected chi connectivity index (χ3v) is 3.72. The Morgan fingerprint density at radius 3 is 2.50 bits per heavy atom. The van der Waals surface area contributed by atoms with E-state index in [1.54, 1.807) is 12.1 Å². The van der Waals surface area contributed by atoms with E-state index < -0.39 is 6.09 Å². The number of nitrogens with zero attached hydrogens (tertiary/aromatic N) is 1. The third kappa shape index (κ3) is 4.26. The van der Waals surface area contributed by atoms with Crippen LogP contribution >= 0.6 is 0 Å². The summed E-state index contributed by atoms with van der Waals surface area (Å²) in [6.07, 6.45) is 4.28. The Balaban J connectivity index is 1.48. The average Bonchev–Trinajstić information content (AvgIpc) is 3.10. The minimum atomic E-state index is -0.434. The highest BCUT2D eigenvalue weighted by atomic mass is 16.5. The van der Waals surface area contributed by atoms with Crippen molar-refractivity contribution in [3.05, 3.63) is 84.2 Å². The van der Waals surface area contributed by atoms with Crippen LogP contribution in [0.4, 0.5) is 4.79 Å². The minimum Gasteiger partial charge on any atom is -0.410 e. The number of amides is 1. The van der Waals surface area contributed by atoms with E-state index in [0.29, 0.717) is 12.3 Å². The van der Waals surface area contributed by atoms with Crippen LogP contribution in [0.3, 0.4) is 0 Å². The monoisotopic (exact) mass is 320 g/mol. The standard InChI is InChI=1S/C20H20N2O2/c1-16-5-4-6-17(15-16)11-12-21-20(23)24-19-9-7-18(8-10-19)22-13-2-3-14-22/h2-10,13-15H,11-12H2,1H3,(H,21,23). The van der Waals surface area contributed by atoms with Gasteiger partial charge < -0.3 is 14.6 Å². The predicted octanol–water partition coefficient (Wildman–Crippen LogP) is 4.12. The fourth-order valence-electron chi connectivity index (χ4n) is 2.51. The lowest BCUT2D eigenvalue weighted by Crippen LogP contribution is -2.28. The summed E-state index contributed by atoms with van der Waals surface area (Å²) in [4.78, 5) is 11.8. The van der Waals surface area contributed by atoms with E-state index in [-0.39, 0.29) is 0 Å². The van der Waals surface area contributed by atoms with Gasteiger partial charge in [0.25, 0.3) is 0 Å². The molecule has 4 nitrogen and oxygen atoms in total. The van der Waals surface area contributed by atoms with E-state index in [1.807, 2.05) is 47.3 Å². The van der Waals surface area contributed by atoms with E-state index in [0.717, 1.165) is 12.1 Å². The molecular formula is C20H20N2O2. The number of aromatic nitrogens is 1. The van der Waals surface area contributed by atoms with Crippen LogP contribution in [0.1, 0.15) is 11.1 Å². The fourth-order valence-corrected chi connectivity index (χ4v) is 2.51. The molecule has 4 heteroatoms. The third-order valence-electron chi connectivity index (χ3n) is 3.72. The summed E-state index contributed by atoms with van der Waals surface area (Å²) >= 11 is 0. The first-order chi connectivity index (χ1) is 11.7. The number of benzene rings is 2. The summed E-state index contributed by atoms with van der Waals surface area (Å²) in [5.41, 5.74) is 3.44. The Labute approximate surface area is 141 Å². The maximum Gasteiger partial charge on any atom is 0.412 e. The van der Waals surface area contributed by atoms with Gasteiger partial charge in [0.05, 0.1) is 0 Å². The SMILES string of the molecule is Cc1cccc(CCNC(=O)Oc2ccc(-n3cccc3)cc2)c1. The average molecular weight is 320 g/mol. The Morgan fingerprint density at radius 2 is 1.79 bits per heavy atom. The molecule has 0 aliphatic rings. The van der Waals surface area contributed by atoms with Gasteiger partial charge in [-0.05, 0) is 55.3 Å². The molecule has 0 aliphatic heterocycles. The van der Waals surface area contributed by atoms with Crippen molar-refractivity contribution >= 4 is 6.09 Å². The quantitative estimate of drug-likeness (QED) is 0.768. The van der Waals surface area contributed by atoms with Gasteiger partial charge in [-0.25, -0.2) is 4.79 Å². The zero-order chi connectivity index (χ0) is 16.8. The van der Waals surface area contributed by atoms with Gasteiger partial charge in [0.1, 0.15) is 5.75 Å². The normalized spacial score (nSPS) is 10.4. The Kier molecular flexibility index (Phi) is 4.96. The topological polar surface area (TPSA) is 43.3 Å². The maximum atomic E-state index is 11.8. The number of carbonyl (C=O) groups excluding carboxylic acids is 1. The molecule has 0 spiro atoms. The molecule has 1 amide bonds. The molecular weight excluding hydrogens is 300 g/mol. The lowest BCUT2D eigenvalue weighted by molar-refractivity contribution is 0.200. The van der Waals surface area contributed by atoms with Crippen LogP contribution in [0, 0.1) is 6.92 Å². The molecule has 0 aliphatic carbocycles. The van der Waals surface area contributed by atoms with Crippen LogP contribution in [0.15, 0.2) is 73.1 Å².